The van der Waals surface area contributed by atoms with Crippen molar-refractivity contribution in [1.29, 1.82) is 0 Å². The van der Waals surface area contributed by atoms with Crippen molar-refractivity contribution >= 4 is 11.9 Å². The summed E-state index contributed by atoms with van der Waals surface area (Å²) in [5.41, 5.74) is 2.32. The molecule has 0 unspecified atom stereocenters. The summed E-state index contributed by atoms with van der Waals surface area (Å²) in [6.45, 7) is 8.13. The number of piperidine rings is 1. The number of amides is 3. The molecule has 0 radical (unpaired) electrons. The van der Waals surface area contributed by atoms with Crippen LogP contribution in [-0.4, -0.2) is 60.1 Å². The molecule has 2 atom stereocenters. The van der Waals surface area contributed by atoms with Crippen LogP contribution in [0.2, 0.25) is 0 Å². The fourth-order valence-corrected chi connectivity index (χ4v) is 4.26. The van der Waals surface area contributed by atoms with E-state index in [0.717, 1.165) is 31.5 Å². The smallest absolute Gasteiger partial charge is 0.317 e. The van der Waals surface area contributed by atoms with E-state index in [1.165, 1.54) is 5.56 Å². The van der Waals surface area contributed by atoms with Crippen molar-refractivity contribution in [2.45, 2.75) is 58.3 Å². The lowest BCUT2D eigenvalue weighted by Gasteiger charge is -2.53. The molecule has 2 aliphatic rings. The Morgan fingerprint density at radius 3 is 2.41 bits per heavy atom. The van der Waals surface area contributed by atoms with E-state index >= 15 is 0 Å². The molecule has 0 spiro atoms. The number of hydrogen-bond donors (Lipinski definition) is 1. The van der Waals surface area contributed by atoms with E-state index in [1.807, 2.05) is 35.8 Å². The first-order valence-corrected chi connectivity index (χ1v) is 9.85. The summed E-state index contributed by atoms with van der Waals surface area (Å²) in [7, 11) is 1.61. The van der Waals surface area contributed by atoms with Gasteiger partial charge in [-0.1, -0.05) is 29.8 Å². The molecule has 6 heteroatoms. The lowest BCUT2D eigenvalue weighted by molar-refractivity contribution is -0.181. The summed E-state index contributed by atoms with van der Waals surface area (Å²) in [6.07, 6.45) is 1.48. The summed E-state index contributed by atoms with van der Waals surface area (Å²) in [4.78, 5) is 28.5. The Balaban J connectivity index is 1.50. The molecule has 1 aromatic rings. The van der Waals surface area contributed by atoms with Crippen molar-refractivity contribution in [3.63, 3.8) is 0 Å². The van der Waals surface area contributed by atoms with E-state index in [1.54, 1.807) is 7.11 Å². The number of ether oxygens (including phenoxy) is 1. The zero-order valence-electron chi connectivity index (χ0n) is 16.8. The monoisotopic (exact) mass is 373 g/mol. The Kier molecular flexibility index (Phi) is 6.05. The van der Waals surface area contributed by atoms with Gasteiger partial charge < -0.3 is 19.9 Å². The van der Waals surface area contributed by atoms with Gasteiger partial charge in [-0.25, -0.2) is 4.79 Å². The van der Waals surface area contributed by atoms with Crippen LogP contribution >= 0.6 is 0 Å². The van der Waals surface area contributed by atoms with Gasteiger partial charge in [0.1, 0.15) is 0 Å². The van der Waals surface area contributed by atoms with Gasteiger partial charge in [-0.3, -0.25) is 4.79 Å². The first-order valence-electron chi connectivity index (χ1n) is 9.85. The van der Waals surface area contributed by atoms with Gasteiger partial charge in [-0.2, -0.15) is 0 Å². The lowest BCUT2D eigenvalue weighted by atomic mass is 9.79. The second-order valence-electron chi connectivity index (χ2n) is 7.95. The van der Waals surface area contributed by atoms with Crippen molar-refractivity contribution in [1.82, 2.24) is 15.1 Å². The van der Waals surface area contributed by atoms with E-state index in [4.69, 9.17) is 4.74 Å². The highest BCUT2D eigenvalue weighted by atomic mass is 16.5. The third-order valence-electron chi connectivity index (χ3n) is 5.81. The van der Waals surface area contributed by atoms with Crippen molar-refractivity contribution in [3.05, 3.63) is 35.4 Å². The first kappa shape index (κ1) is 19.7. The fraction of sp³-hybridized carbons (Fsp3) is 0.619. The second-order valence-corrected chi connectivity index (χ2v) is 7.95. The molecule has 0 saturated carbocycles. The number of likely N-dealkylation sites (tertiary alicyclic amines) is 2. The van der Waals surface area contributed by atoms with Crippen molar-refractivity contribution in [3.8, 4) is 0 Å². The summed E-state index contributed by atoms with van der Waals surface area (Å²) >= 11 is 0. The molecular weight excluding hydrogens is 342 g/mol. The maximum atomic E-state index is 12.5. The molecular formula is C21H31N3O3. The average Bonchev–Trinajstić information content (AvgIpc) is 2.65. The number of β-lactam (4-membered cyclic amide) rings is 1. The van der Waals surface area contributed by atoms with Crippen LogP contribution in [0, 0.1) is 12.8 Å². The quantitative estimate of drug-likeness (QED) is 0.807. The third kappa shape index (κ3) is 4.10. The van der Waals surface area contributed by atoms with Gasteiger partial charge in [0.05, 0.1) is 6.04 Å². The summed E-state index contributed by atoms with van der Waals surface area (Å²) < 4.78 is 5.43. The van der Waals surface area contributed by atoms with Gasteiger partial charge >= 0.3 is 6.03 Å². The number of carbonyl (C=O) groups excluding carboxylic acids is 2. The molecule has 0 aromatic heterocycles. The molecule has 2 aliphatic heterocycles. The summed E-state index contributed by atoms with van der Waals surface area (Å²) in [6, 6.07) is 8.51. The predicted molar refractivity (Wildman–Crippen MR) is 104 cm³/mol. The number of benzene rings is 1. The van der Waals surface area contributed by atoms with E-state index in [0.29, 0.717) is 12.5 Å². The molecule has 3 amide bonds. The van der Waals surface area contributed by atoms with Gasteiger partial charge in [0, 0.05) is 32.8 Å². The predicted octanol–water partition coefficient (Wildman–Crippen LogP) is 2.55. The van der Waals surface area contributed by atoms with Gasteiger partial charge in [-0.15, -0.1) is 0 Å². The van der Waals surface area contributed by atoms with E-state index in [2.05, 4.69) is 24.4 Å². The minimum atomic E-state index is -0.320. The molecule has 148 valence electrons. The summed E-state index contributed by atoms with van der Waals surface area (Å²) in [5.74, 6) is 0.479. The standard InChI is InChI=1S/C21H31N3O3/c1-14(2)24-18(19(27-4)20(24)25)17-9-11-23(12-10-17)21(26)22-13-16-7-5-15(3)6-8-16/h5-8,14,17-19H,9-13H2,1-4H3,(H,22,26)/t18-,19+/m0/s1. The fourth-order valence-electron chi connectivity index (χ4n) is 4.26. The topological polar surface area (TPSA) is 61.9 Å². The number of aryl methyl sites for hydroxylation is 1. The molecule has 2 fully saturated rings. The number of nitrogens with zero attached hydrogens (tertiary/aromatic N) is 2. The Bertz CT molecular complexity index is 666. The van der Waals surface area contributed by atoms with Crippen LogP contribution in [0.3, 0.4) is 0 Å². The Labute approximate surface area is 161 Å². The van der Waals surface area contributed by atoms with Gasteiger partial charge in [-0.05, 0) is 45.1 Å². The largest absolute Gasteiger partial charge is 0.369 e. The van der Waals surface area contributed by atoms with Crippen LogP contribution in [0.15, 0.2) is 24.3 Å². The molecule has 6 nitrogen and oxygen atoms in total. The van der Waals surface area contributed by atoms with Gasteiger partial charge in [0.25, 0.3) is 5.91 Å². The Morgan fingerprint density at radius 2 is 1.85 bits per heavy atom. The van der Waals surface area contributed by atoms with Crippen LogP contribution in [0.5, 0.6) is 0 Å². The molecule has 27 heavy (non-hydrogen) atoms. The Morgan fingerprint density at radius 1 is 1.22 bits per heavy atom. The zero-order valence-corrected chi connectivity index (χ0v) is 16.8. The maximum Gasteiger partial charge on any atom is 0.317 e. The van der Waals surface area contributed by atoms with E-state index in [9.17, 15) is 9.59 Å². The SMILES string of the molecule is CO[C@H]1C(=O)N(C(C)C)[C@H]1C1CCN(C(=O)NCc2ccc(C)cc2)CC1. The van der Waals surface area contributed by atoms with Crippen LogP contribution in [0.1, 0.15) is 37.8 Å². The maximum absolute atomic E-state index is 12.5. The molecule has 0 bridgehead atoms. The number of carbonyl (C=O) groups is 2. The Hall–Kier alpha value is -2.08. The molecule has 1 N–H and O–H groups in total. The van der Waals surface area contributed by atoms with Crippen molar-refractivity contribution < 1.29 is 14.3 Å². The third-order valence-corrected chi connectivity index (χ3v) is 5.81. The number of rotatable bonds is 5. The normalized spacial score (nSPS) is 23.5. The zero-order chi connectivity index (χ0) is 19.6. The highest BCUT2D eigenvalue weighted by Crippen LogP contribution is 2.36. The van der Waals surface area contributed by atoms with Gasteiger partial charge in [0.2, 0.25) is 0 Å². The van der Waals surface area contributed by atoms with Crippen molar-refractivity contribution in [2.75, 3.05) is 20.2 Å². The number of hydrogen-bond acceptors (Lipinski definition) is 3. The van der Waals surface area contributed by atoms with E-state index < -0.39 is 0 Å². The number of urea groups is 1. The van der Waals surface area contributed by atoms with Crippen LogP contribution in [0.25, 0.3) is 0 Å². The van der Waals surface area contributed by atoms with Gasteiger partial charge in [0.15, 0.2) is 6.10 Å². The summed E-state index contributed by atoms with van der Waals surface area (Å²) in [5, 5.41) is 3.01. The van der Waals surface area contributed by atoms with Crippen LogP contribution in [-0.2, 0) is 16.1 Å². The minimum absolute atomic E-state index is 0.0114. The number of methoxy groups -OCH3 is 1. The molecule has 0 aliphatic carbocycles. The minimum Gasteiger partial charge on any atom is -0.369 e. The number of nitrogens with one attached hydrogen (secondary N) is 1. The second kappa shape index (κ2) is 8.30. The average molecular weight is 373 g/mol. The van der Waals surface area contributed by atoms with Crippen LogP contribution < -0.4 is 5.32 Å². The molecule has 3 rings (SSSR count). The molecule has 1 aromatic carbocycles. The van der Waals surface area contributed by atoms with E-state index in [-0.39, 0.29) is 30.1 Å². The molecule has 2 saturated heterocycles. The van der Waals surface area contributed by atoms with Crippen molar-refractivity contribution in [2.24, 2.45) is 5.92 Å². The highest BCUT2D eigenvalue weighted by Gasteiger charge is 2.52. The highest BCUT2D eigenvalue weighted by molar-refractivity contribution is 5.88. The lowest BCUT2D eigenvalue weighted by Crippen LogP contribution is -2.70. The first-order chi connectivity index (χ1) is 12.9. The molecule has 2 heterocycles. The van der Waals surface area contributed by atoms with Crippen LogP contribution in [0.4, 0.5) is 4.79 Å².